The molecule has 0 aliphatic rings. The molecule has 1 amide bonds. The van der Waals surface area contributed by atoms with Crippen molar-refractivity contribution in [3.8, 4) is 0 Å². The molecule has 0 unspecified atom stereocenters. The van der Waals surface area contributed by atoms with Crippen LogP contribution in [0.4, 0.5) is 13.2 Å². The van der Waals surface area contributed by atoms with Gasteiger partial charge in [0.1, 0.15) is 12.4 Å². The van der Waals surface area contributed by atoms with Gasteiger partial charge in [-0.15, -0.1) is 24.0 Å². The average molecular weight is 568 g/mol. The number of rotatable bonds is 10. The summed E-state index contributed by atoms with van der Waals surface area (Å²) in [6, 6.07) is 10.7. The van der Waals surface area contributed by atoms with Crippen molar-refractivity contribution in [2.75, 3.05) is 33.8 Å². The van der Waals surface area contributed by atoms with E-state index in [0.717, 1.165) is 11.3 Å². The van der Waals surface area contributed by atoms with Crippen LogP contribution in [0, 0.1) is 0 Å². The van der Waals surface area contributed by atoms with Gasteiger partial charge in [0, 0.05) is 27.1 Å². The molecule has 0 atom stereocenters. The predicted octanol–water partition coefficient (Wildman–Crippen LogP) is 3.34. The van der Waals surface area contributed by atoms with E-state index < -0.39 is 12.8 Å². The number of benzene rings is 1. The monoisotopic (exact) mass is 568 g/mol. The molecule has 0 bridgehead atoms. The molecule has 178 valence electrons. The first-order valence-corrected chi connectivity index (χ1v) is 9.70. The van der Waals surface area contributed by atoms with E-state index in [0.29, 0.717) is 24.5 Å². The zero-order valence-corrected chi connectivity index (χ0v) is 20.3. The number of carbonyl (C=O) groups is 1. The van der Waals surface area contributed by atoms with Gasteiger partial charge < -0.3 is 24.7 Å². The minimum absolute atomic E-state index is 0. The summed E-state index contributed by atoms with van der Waals surface area (Å²) in [6.45, 7) is -0.533. The summed E-state index contributed by atoms with van der Waals surface area (Å²) >= 11 is 0. The van der Waals surface area contributed by atoms with Crippen LogP contribution < -0.4 is 10.6 Å². The quantitative estimate of drug-likeness (QED) is 0.261. The summed E-state index contributed by atoms with van der Waals surface area (Å²) in [5.74, 6) is 1.16. The van der Waals surface area contributed by atoms with Gasteiger partial charge in [0.25, 0.3) is 0 Å². The van der Waals surface area contributed by atoms with E-state index in [-0.39, 0.29) is 49.6 Å². The first-order valence-electron chi connectivity index (χ1n) is 9.70. The Morgan fingerprint density at radius 2 is 1.91 bits per heavy atom. The predicted molar refractivity (Wildman–Crippen MR) is 126 cm³/mol. The van der Waals surface area contributed by atoms with Crippen LogP contribution in [0.1, 0.15) is 16.9 Å². The Bertz CT molecular complexity index is 843. The van der Waals surface area contributed by atoms with Crippen molar-refractivity contribution >= 4 is 35.8 Å². The van der Waals surface area contributed by atoms with E-state index in [2.05, 4.69) is 15.6 Å². The molecule has 1 aromatic carbocycles. The van der Waals surface area contributed by atoms with Crippen molar-refractivity contribution in [1.29, 1.82) is 0 Å². The van der Waals surface area contributed by atoms with Gasteiger partial charge in [0.2, 0.25) is 5.91 Å². The van der Waals surface area contributed by atoms with Crippen LogP contribution >= 0.6 is 24.0 Å². The highest BCUT2D eigenvalue weighted by molar-refractivity contribution is 14.0. The first-order chi connectivity index (χ1) is 14.7. The molecule has 2 N–H and O–H groups in total. The number of amides is 1. The van der Waals surface area contributed by atoms with Gasteiger partial charge in [-0.25, -0.2) is 4.99 Å². The minimum Gasteiger partial charge on any atom is -0.469 e. The lowest BCUT2D eigenvalue weighted by Gasteiger charge is -2.15. The summed E-state index contributed by atoms with van der Waals surface area (Å²) in [6.07, 6.45) is -2.11. The third kappa shape index (κ3) is 11.4. The molecule has 0 spiro atoms. The van der Waals surface area contributed by atoms with E-state index in [1.807, 2.05) is 18.2 Å². The topological polar surface area (TPSA) is 79.1 Å². The molecular formula is C21H28F3IN4O3. The van der Waals surface area contributed by atoms with Crippen molar-refractivity contribution < 1.29 is 27.1 Å². The lowest BCUT2D eigenvalue weighted by molar-refractivity contribution is -0.176. The van der Waals surface area contributed by atoms with Crippen molar-refractivity contribution in [2.45, 2.75) is 25.7 Å². The van der Waals surface area contributed by atoms with Gasteiger partial charge in [-0.2, -0.15) is 13.2 Å². The number of carbonyl (C=O) groups excluding carboxylic acids is 1. The molecule has 0 fully saturated rings. The van der Waals surface area contributed by atoms with Crippen molar-refractivity contribution in [1.82, 2.24) is 15.5 Å². The van der Waals surface area contributed by atoms with Crippen LogP contribution in [0.3, 0.4) is 0 Å². The molecule has 2 aromatic rings. The molecule has 7 nitrogen and oxygen atoms in total. The number of furan rings is 1. The summed E-state index contributed by atoms with van der Waals surface area (Å²) in [7, 11) is 3.33. The number of nitrogens with zero attached hydrogens (tertiary/aromatic N) is 2. The van der Waals surface area contributed by atoms with Crippen molar-refractivity contribution in [2.24, 2.45) is 4.99 Å². The Morgan fingerprint density at radius 1 is 1.16 bits per heavy atom. The number of aliphatic imine (C=N–C) groups is 1. The molecule has 0 aliphatic heterocycles. The number of hydrogen-bond donors (Lipinski definition) is 2. The van der Waals surface area contributed by atoms with E-state index in [4.69, 9.17) is 9.15 Å². The van der Waals surface area contributed by atoms with Gasteiger partial charge in [0.15, 0.2) is 5.96 Å². The molecule has 1 aromatic heterocycles. The maximum atomic E-state index is 12.2. The van der Waals surface area contributed by atoms with Gasteiger partial charge in [-0.3, -0.25) is 4.79 Å². The molecule has 0 aliphatic carbocycles. The number of hydrogen-bond acceptors (Lipinski definition) is 4. The fraction of sp³-hybridized carbons (Fsp3) is 0.429. The fourth-order valence-corrected chi connectivity index (χ4v) is 2.52. The van der Waals surface area contributed by atoms with Crippen LogP contribution in [0.2, 0.25) is 0 Å². The van der Waals surface area contributed by atoms with Crippen LogP contribution in [-0.2, 0) is 29.1 Å². The highest BCUT2D eigenvalue weighted by Crippen LogP contribution is 2.16. The lowest BCUT2D eigenvalue weighted by atomic mass is 10.1. The first kappa shape index (κ1) is 27.8. The second kappa shape index (κ2) is 14.0. The van der Waals surface area contributed by atoms with E-state index in [1.165, 1.54) is 4.90 Å². The van der Waals surface area contributed by atoms with Crippen LogP contribution in [0.5, 0.6) is 0 Å². The largest absolute Gasteiger partial charge is 0.469 e. The molecular weight excluding hydrogens is 540 g/mol. The Hall–Kier alpha value is -2.28. The Kier molecular flexibility index (Phi) is 12.1. The second-order valence-electron chi connectivity index (χ2n) is 6.99. The maximum absolute atomic E-state index is 12.2. The molecule has 11 heteroatoms. The SMILES string of the molecule is CN(C)C(=O)CNC(=NCc1cccc(COCC(F)(F)F)c1)NCCc1ccco1.I. The normalized spacial score (nSPS) is 11.6. The van der Waals surface area contributed by atoms with Crippen LogP contribution in [-0.4, -0.2) is 56.7 Å². The number of guanidine groups is 1. The zero-order chi connectivity index (χ0) is 22.7. The molecule has 0 saturated carbocycles. The lowest BCUT2D eigenvalue weighted by Crippen LogP contribution is -2.43. The highest BCUT2D eigenvalue weighted by Gasteiger charge is 2.27. The summed E-state index contributed by atoms with van der Waals surface area (Å²) in [5, 5.41) is 6.13. The molecule has 2 rings (SSSR count). The number of alkyl halides is 3. The average Bonchev–Trinajstić information content (AvgIpc) is 3.22. The van der Waals surface area contributed by atoms with E-state index in [9.17, 15) is 18.0 Å². The van der Waals surface area contributed by atoms with Crippen molar-refractivity contribution in [3.05, 3.63) is 59.5 Å². The molecule has 0 saturated heterocycles. The third-order valence-electron chi connectivity index (χ3n) is 4.10. The van der Waals surface area contributed by atoms with Crippen LogP contribution in [0.25, 0.3) is 0 Å². The van der Waals surface area contributed by atoms with Gasteiger partial charge in [-0.1, -0.05) is 24.3 Å². The number of halogens is 4. The molecule has 1 heterocycles. The maximum Gasteiger partial charge on any atom is 0.411 e. The smallest absolute Gasteiger partial charge is 0.411 e. The van der Waals surface area contributed by atoms with Crippen molar-refractivity contribution in [3.63, 3.8) is 0 Å². The fourth-order valence-electron chi connectivity index (χ4n) is 2.52. The zero-order valence-electron chi connectivity index (χ0n) is 17.9. The summed E-state index contributed by atoms with van der Waals surface area (Å²) in [4.78, 5) is 17.8. The Labute approximate surface area is 202 Å². The number of likely N-dealkylation sites (N-methyl/N-ethyl adjacent to an activating group) is 1. The summed E-state index contributed by atoms with van der Waals surface area (Å²) in [5.41, 5.74) is 1.43. The summed E-state index contributed by atoms with van der Waals surface area (Å²) < 4.78 is 46.7. The van der Waals surface area contributed by atoms with E-state index in [1.54, 1.807) is 38.6 Å². The second-order valence-corrected chi connectivity index (χ2v) is 6.99. The molecule has 0 radical (unpaired) electrons. The Morgan fingerprint density at radius 3 is 2.56 bits per heavy atom. The van der Waals surface area contributed by atoms with Gasteiger partial charge in [0.05, 0.1) is 26.0 Å². The molecule has 32 heavy (non-hydrogen) atoms. The van der Waals surface area contributed by atoms with Crippen LogP contribution in [0.15, 0.2) is 52.1 Å². The Balaban J connectivity index is 0.00000512. The number of ether oxygens (including phenoxy) is 1. The highest BCUT2D eigenvalue weighted by atomic mass is 127. The van der Waals surface area contributed by atoms with Gasteiger partial charge >= 0.3 is 6.18 Å². The number of nitrogens with one attached hydrogen (secondary N) is 2. The standard InChI is InChI=1S/C21H27F3N4O3.HI/c1-28(2)19(29)13-27-20(25-9-8-18-7-4-10-31-18)26-12-16-5-3-6-17(11-16)14-30-15-21(22,23)24;/h3-7,10-11H,8-9,12-15H2,1-2H3,(H2,25,26,27);1H. The minimum atomic E-state index is -4.35. The third-order valence-corrected chi connectivity index (χ3v) is 4.10. The van der Waals surface area contributed by atoms with E-state index >= 15 is 0 Å². The van der Waals surface area contributed by atoms with Gasteiger partial charge in [-0.05, 0) is 23.3 Å².